The highest BCUT2D eigenvalue weighted by Crippen LogP contribution is 2.10. The number of amides is 1. The fourth-order valence-electron chi connectivity index (χ4n) is 1.12. The number of rotatable bonds is 6. The first-order chi connectivity index (χ1) is 7.24. The molecule has 0 bridgehead atoms. The van der Waals surface area contributed by atoms with Gasteiger partial charge in [0.2, 0.25) is 5.91 Å². The van der Waals surface area contributed by atoms with Crippen molar-refractivity contribution in [3.63, 3.8) is 0 Å². The van der Waals surface area contributed by atoms with E-state index in [4.69, 9.17) is 0 Å². The van der Waals surface area contributed by atoms with Crippen LogP contribution in [0.1, 0.15) is 23.9 Å². The predicted octanol–water partition coefficient (Wildman–Crippen LogP) is 1.07. The zero-order chi connectivity index (χ0) is 11.1. The predicted molar refractivity (Wildman–Crippen MR) is 61.9 cm³/mol. The summed E-state index contributed by atoms with van der Waals surface area (Å²) in [6.45, 7) is 5.89. The fourth-order valence-corrected chi connectivity index (χ4v) is 1.83. The van der Waals surface area contributed by atoms with E-state index < -0.39 is 0 Å². The molecular formula is C10H17N3OS. The van der Waals surface area contributed by atoms with Gasteiger partial charge in [-0.1, -0.05) is 6.92 Å². The van der Waals surface area contributed by atoms with Gasteiger partial charge in [-0.15, -0.1) is 11.3 Å². The maximum absolute atomic E-state index is 11.3. The van der Waals surface area contributed by atoms with E-state index >= 15 is 0 Å². The number of carbonyl (C=O) groups excluding carboxylic acids is 1. The smallest absolute Gasteiger partial charge is 0.234 e. The molecule has 84 valence electrons. The molecule has 0 atom stereocenters. The van der Waals surface area contributed by atoms with Crippen molar-refractivity contribution in [2.75, 3.05) is 13.1 Å². The summed E-state index contributed by atoms with van der Waals surface area (Å²) in [4.78, 5) is 16.6. The molecule has 0 aliphatic heterocycles. The largest absolute Gasteiger partial charge is 0.350 e. The zero-order valence-corrected chi connectivity index (χ0v) is 9.99. The van der Waals surface area contributed by atoms with Gasteiger partial charge < -0.3 is 10.6 Å². The zero-order valence-electron chi connectivity index (χ0n) is 9.17. The van der Waals surface area contributed by atoms with Gasteiger partial charge in [-0.05, 0) is 19.9 Å². The summed E-state index contributed by atoms with van der Waals surface area (Å²) in [6.07, 6.45) is 1.04. The fraction of sp³-hybridized carbons (Fsp3) is 0.600. The third kappa shape index (κ3) is 4.40. The number of aryl methyl sites for hydroxylation is 1. The van der Waals surface area contributed by atoms with Gasteiger partial charge in [-0.3, -0.25) is 4.79 Å². The molecule has 15 heavy (non-hydrogen) atoms. The van der Waals surface area contributed by atoms with Crippen molar-refractivity contribution in [1.82, 2.24) is 15.6 Å². The number of thiazole rings is 1. The van der Waals surface area contributed by atoms with Crippen molar-refractivity contribution < 1.29 is 4.79 Å². The summed E-state index contributed by atoms with van der Waals surface area (Å²) >= 11 is 1.57. The van der Waals surface area contributed by atoms with Gasteiger partial charge in [0, 0.05) is 4.88 Å². The molecule has 1 rings (SSSR count). The third-order valence-electron chi connectivity index (χ3n) is 2.00. The number of aromatic nitrogens is 1. The number of carbonyl (C=O) groups is 1. The number of nitrogens with one attached hydrogen (secondary N) is 2. The normalized spacial score (nSPS) is 10.3. The van der Waals surface area contributed by atoms with Crippen molar-refractivity contribution >= 4 is 17.2 Å². The Morgan fingerprint density at radius 1 is 1.60 bits per heavy atom. The molecule has 4 nitrogen and oxygen atoms in total. The Morgan fingerprint density at radius 3 is 3.00 bits per heavy atom. The number of hydrogen-bond donors (Lipinski definition) is 2. The Balaban J connectivity index is 2.20. The van der Waals surface area contributed by atoms with Crippen LogP contribution in [0.25, 0.3) is 0 Å². The molecule has 0 fully saturated rings. The van der Waals surface area contributed by atoms with Crippen LogP contribution in [0.5, 0.6) is 0 Å². The van der Waals surface area contributed by atoms with E-state index in [0.717, 1.165) is 23.5 Å². The summed E-state index contributed by atoms with van der Waals surface area (Å²) in [7, 11) is 0. The Morgan fingerprint density at radius 2 is 2.40 bits per heavy atom. The molecule has 0 unspecified atom stereocenters. The molecule has 0 saturated carbocycles. The Bertz CT molecular complexity index is 311. The van der Waals surface area contributed by atoms with Crippen molar-refractivity contribution in [3.8, 4) is 0 Å². The van der Waals surface area contributed by atoms with Crippen LogP contribution >= 0.6 is 11.3 Å². The second kappa shape index (κ2) is 6.53. The summed E-state index contributed by atoms with van der Waals surface area (Å²) in [5, 5.41) is 5.91. The highest BCUT2D eigenvalue weighted by molar-refractivity contribution is 7.09. The second-order valence-electron chi connectivity index (χ2n) is 3.31. The first-order valence-corrected chi connectivity index (χ1v) is 5.98. The van der Waals surface area contributed by atoms with Crippen molar-refractivity contribution in [2.45, 2.75) is 26.8 Å². The van der Waals surface area contributed by atoms with Gasteiger partial charge in [0.15, 0.2) is 0 Å². The lowest BCUT2D eigenvalue weighted by atomic mass is 10.4. The van der Waals surface area contributed by atoms with Gasteiger partial charge in [-0.2, -0.15) is 0 Å². The third-order valence-corrected chi connectivity index (χ3v) is 2.94. The molecule has 0 aromatic carbocycles. The summed E-state index contributed by atoms with van der Waals surface area (Å²) < 4.78 is 0. The van der Waals surface area contributed by atoms with Gasteiger partial charge in [0.1, 0.15) is 0 Å². The molecule has 1 aromatic rings. The molecule has 0 aliphatic rings. The average molecular weight is 227 g/mol. The molecule has 0 saturated heterocycles. The molecular weight excluding hydrogens is 210 g/mol. The van der Waals surface area contributed by atoms with E-state index in [-0.39, 0.29) is 5.91 Å². The van der Waals surface area contributed by atoms with Crippen molar-refractivity contribution in [2.24, 2.45) is 0 Å². The Hall–Kier alpha value is -0.940. The van der Waals surface area contributed by atoms with E-state index in [1.807, 2.05) is 6.92 Å². The monoisotopic (exact) mass is 227 g/mol. The second-order valence-corrected chi connectivity index (χ2v) is 4.25. The number of hydrogen-bond acceptors (Lipinski definition) is 4. The van der Waals surface area contributed by atoms with Crippen LogP contribution in [-0.4, -0.2) is 24.0 Å². The standard InChI is InChI=1S/C10H17N3OS/c1-3-4-11-6-10(14)12-5-9-8(2)13-7-15-9/h7,11H,3-6H2,1-2H3,(H,12,14). The lowest BCUT2D eigenvalue weighted by molar-refractivity contribution is -0.120. The van der Waals surface area contributed by atoms with Gasteiger partial charge >= 0.3 is 0 Å². The van der Waals surface area contributed by atoms with Crippen LogP contribution in [0.2, 0.25) is 0 Å². The van der Waals surface area contributed by atoms with Gasteiger partial charge in [-0.25, -0.2) is 4.98 Å². The summed E-state index contributed by atoms with van der Waals surface area (Å²) in [5.74, 6) is 0.0382. The molecule has 5 heteroatoms. The minimum absolute atomic E-state index is 0.0382. The van der Waals surface area contributed by atoms with E-state index in [2.05, 4.69) is 22.5 Å². The van der Waals surface area contributed by atoms with Crippen LogP contribution in [0.15, 0.2) is 5.51 Å². The SMILES string of the molecule is CCCNCC(=O)NCc1scnc1C. The molecule has 0 aliphatic carbocycles. The molecule has 0 radical (unpaired) electrons. The quantitative estimate of drug-likeness (QED) is 0.715. The minimum Gasteiger partial charge on any atom is -0.350 e. The van der Waals surface area contributed by atoms with E-state index in [1.165, 1.54) is 0 Å². The molecule has 2 N–H and O–H groups in total. The van der Waals surface area contributed by atoms with Crippen LogP contribution in [0.4, 0.5) is 0 Å². The summed E-state index contributed by atoms with van der Waals surface area (Å²) in [6, 6.07) is 0. The van der Waals surface area contributed by atoms with E-state index in [9.17, 15) is 4.79 Å². The van der Waals surface area contributed by atoms with Crippen LogP contribution in [0.3, 0.4) is 0 Å². The average Bonchev–Trinajstić information content (AvgIpc) is 2.61. The topological polar surface area (TPSA) is 54.0 Å². The first kappa shape index (κ1) is 12.1. The van der Waals surface area contributed by atoms with Gasteiger partial charge in [0.25, 0.3) is 0 Å². The first-order valence-electron chi connectivity index (χ1n) is 5.10. The Labute approximate surface area is 94.1 Å². The van der Waals surface area contributed by atoms with Crippen LogP contribution in [-0.2, 0) is 11.3 Å². The van der Waals surface area contributed by atoms with Crippen LogP contribution in [0, 0.1) is 6.92 Å². The van der Waals surface area contributed by atoms with Crippen molar-refractivity contribution in [1.29, 1.82) is 0 Å². The maximum Gasteiger partial charge on any atom is 0.234 e. The van der Waals surface area contributed by atoms with Gasteiger partial charge in [0.05, 0.1) is 24.3 Å². The molecule has 1 amide bonds. The highest BCUT2D eigenvalue weighted by Gasteiger charge is 2.03. The number of nitrogens with zero attached hydrogens (tertiary/aromatic N) is 1. The minimum atomic E-state index is 0.0382. The van der Waals surface area contributed by atoms with Crippen molar-refractivity contribution in [3.05, 3.63) is 16.1 Å². The maximum atomic E-state index is 11.3. The van der Waals surface area contributed by atoms with E-state index in [0.29, 0.717) is 13.1 Å². The molecule has 1 heterocycles. The molecule has 1 aromatic heterocycles. The lowest BCUT2D eigenvalue weighted by Crippen LogP contribution is -2.33. The highest BCUT2D eigenvalue weighted by atomic mass is 32.1. The van der Waals surface area contributed by atoms with Crippen LogP contribution < -0.4 is 10.6 Å². The lowest BCUT2D eigenvalue weighted by Gasteiger charge is -2.04. The van der Waals surface area contributed by atoms with E-state index in [1.54, 1.807) is 16.8 Å². The Kier molecular flexibility index (Phi) is 5.28. The molecule has 0 spiro atoms. The summed E-state index contributed by atoms with van der Waals surface area (Å²) in [5.41, 5.74) is 2.80.